The number of aromatic amines is 1. The predicted molar refractivity (Wildman–Crippen MR) is 92.7 cm³/mol. The Hall–Kier alpha value is -3.16. The molecule has 128 valence electrons. The van der Waals surface area contributed by atoms with Crippen LogP contribution in [0, 0.1) is 13.8 Å². The Bertz CT molecular complexity index is 1040. The maximum Gasteiger partial charge on any atom is 0.255 e. The molecular weight excluding hydrogens is 322 g/mol. The highest BCUT2D eigenvalue weighted by molar-refractivity contribution is 5.85. The van der Waals surface area contributed by atoms with Crippen LogP contribution in [0.3, 0.4) is 0 Å². The van der Waals surface area contributed by atoms with Gasteiger partial charge in [-0.2, -0.15) is 0 Å². The fourth-order valence-corrected chi connectivity index (χ4v) is 2.92. The highest BCUT2D eigenvalue weighted by atomic mass is 16.7. The number of nitrogens with zero attached hydrogens (tertiary/aromatic N) is 3. The van der Waals surface area contributed by atoms with Crippen LogP contribution in [0.25, 0.3) is 10.9 Å². The summed E-state index contributed by atoms with van der Waals surface area (Å²) in [5, 5.41) is 3.86. The molecule has 0 saturated carbocycles. The van der Waals surface area contributed by atoms with Gasteiger partial charge in [0.1, 0.15) is 0 Å². The van der Waals surface area contributed by atoms with Crippen molar-refractivity contribution in [2.75, 3.05) is 12.1 Å². The van der Waals surface area contributed by atoms with E-state index < -0.39 is 0 Å². The smallest absolute Gasteiger partial charge is 0.255 e. The lowest BCUT2D eigenvalue weighted by Gasteiger charge is -2.09. The molecule has 0 aliphatic carbocycles. The van der Waals surface area contributed by atoms with Crippen molar-refractivity contribution in [3.63, 3.8) is 0 Å². The van der Waals surface area contributed by atoms with E-state index in [-0.39, 0.29) is 12.4 Å². The Balaban J connectivity index is 1.75. The van der Waals surface area contributed by atoms with Gasteiger partial charge in [0.05, 0.1) is 11.2 Å². The van der Waals surface area contributed by atoms with Gasteiger partial charge >= 0.3 is 0 Å². The molecule has 2 N–H and O–H groups in total. The molecular formula is C17H17N5O3. The number of aryl methyl sites for hydroxylation is 2. The number of benzene rings is 1. The number of hydrogen-bond donors (Lipinski definition) is 2. The van der Waals surface area contributed by atoms with Crippen LogP contribution in [0.15, 0.2) is 16.9 Å². The SMILES string of the molecule is CCc1c(C)nc(Nc2nc(C)c3cc4c(cc3n2)OCO4)[nH]c1=O. The van der Waals surface area contributed by atoms with Gasteiger partial charge in [0.2, 0.25) is 18.7 Å². The van der Waals surface area contributed by atoms with Gasteiger partial charge in [-0.15, -0.1) is 0 Å². The van der Waals surface area contributed by atoms with Crippen LogP contribution in [0.1, 0.15) is 23.9 Å². The van der Waals surface area contributed by atoms with Gasteiger partial charge in [-0.25, -0.2) is 15.0 Å². The first-order valence-electron chi connectivity index (χ1n) is 8.00. The number of H-pyrrole nitrogens is 1. The number of anilines is 2. The van der Waals surface area contributed by atoms with Gasteiger partial charge in [-0.1, -0.05) is 6.92 Å². The number of hydrogen-bond acceptors (Lipinski definition) is 7. The molecule has 0 amide bonds. The molecule has 1 aromatic carbocycles. The molecule has 4 rings (SSSR count). The molecule has 1 aliphatic rings. The lowest BCUT2D eigenvalue weighted by atomic mass is 10.2. The minimum absolute atomic E-state index is 0.154. The van der Waals surface area contributed by atoms with Crippen LogP contribution >= 0.6 is 0 Å². The number of fused-ring (bicyclic) bond motifs is 2. The molecule has 1 aliphatic heterocycles. The van der Waals surface area contributed by atoms with E-state index in [0.29, 0.717) is 41.1 Å². The molecule has 0 saturated heterocycles. The summed E-state index contributed by atoms with van der Waals surface area (Å²) < 4.78 is 10.8. The highest BCUT2D eigenvalue weighted by Crippen LogP contribution is 2.36. The van der Waals surface area contributed by atoms with Crippen LogP contribution in [0.2, 0.25) is 0 Å². The maximum atomic E-state index is 12.1. The summed E-state index contributed by atoms with van der Waals surface area (Å²) in [6.45, 7) is 5.83. The van der Waals surface area contributed by atoms with Crippen molar-refractivity contribution in [3.8, 4) is 11.5 Å². The second kappa shape index (κ2) is 5.73. The molecule has 3 aromatic rings. The summed E-state index contributed by atoms with van der Waals surface area (Å²) in [5.41, 5.74) is 2.72. The van der Waals surface area contributed by atoms with Crippen LogP contribution in [-0.4, -0.2) is 26.7 Å². The lowest BCUT2D eigenvalue weighted by molar-refractivity contribution is 0.174. The molecule has 0 bridgehead atoms. The van der Waals surface area contributed by atoms with Crippen molar-refractivity contribution in [3.05, 3.63) is 39.4 Å². The minimum Gasteiger partial charge on any atom is -0.454 e. The largest absolute Gasteiger partial charge is 0.454 e. The first kappa shape index (κ1) is 15.4. The number of aromatic nitrogens is 4. The zero-order valence-electron chi connectivity index (χ0n) is 14.1. The zero-order chi connectivity index (χ0) is 17.6. The topological polar surface area (TPSA) is 102 Å². The molecule has 0 unspecified atom stereocenters. The van der Waals surface area contributed by atoms with Crippen LogP contribution in [-0.2, 0) is 6.42 Å². The Morgan fingerprint density at radius 3 is 2.60 bits per heavy atom. The summed E-state index contributed by atoms with van der Waals surface area (Å²) in [5.74, 6) is 2.03. The molecule has 3 heterocycles. The van der Waals surface area contributed by atoms with Gasteiger partial charge in [-0.05, 0) is 26.3 Å². The highest BCUT2D eigenvalue weighted by Gasteiger charge is 2.17. The van der Waals surface area contributed by atoms with Crippen LogP contribution in [0.4, 0.5) is 11.9 Å². The number of nitrogens with one attached hydrogen (secondary N) is 2. The first-order valence-corrected chi connectivity index (χ1v) is 8.00. The molecule has 8 heteroatoms. The number of rotatable bonds is 3. The van der Waals surface area contributed by atoms with E-state index in [9.17, 15) is 4.79 Å². The van der Waals surface area contributed by atoms with Crippen LogP contribution < -0.4 is 20.3 Å². The van der Waals surface area contributed by atoms with E-state index in [0.717, 1.165) is 16.6 Å². The number of ether oxygens (including phenoxy) is 2. The van der Waals surface area contributed by atoms with Crippen molar-refractivity contribution >= 4 is 22.8 Å². The fourth-order valence-electron chi connectivity index (χ4n) is 2.92. The quantitative estimate of drug-likeness (QED) is 0.755. The minimum atomic E-state index is -0.154. The monoisotopic (exact) mass is 339 g/mol. The average molecular weight is 339 g/mol. The Morgan fingerprint density at radius 1 is 1.12 bits per heavy atom. The molecule has 2 aromatic heterocycles. The van der Waals surface area contributed by atoms with Crippen molar-refractivity contribution in [2.24, 2.45) is 0 Å². The van der Waals surface area contributed by atoms with Gasteiger partial charge in [0.15, 0.2) is 11.5 Å². The van der Waals surface area contributed by atoms with Crippen molar-refractivity contribution < 1.29 is 9.47 Å². The molecule has 0 fully saturated rings. The van der Waals surface area contributed by atoms with Gasteiger partial charge in [0.25, 0.3) is 5.56 Å². The Kier molecular flexibility index (Phi) is 3.52. The van der Waals surface area contributed by atoms with Gasteiger partial charge in [0, 0.05) is 22.7 Å². The van der Waals surface area contributed by atoms with E-state index in [1.807, 2.05) is 32.9 Å². The van der Waals surface area contributed by atoms with E-state index in [1.54, 1.807) is 0 Å². The summed E-state index contributed by atoms with van der Waals surface area (Å²) in [6.07, 6.45) is 0.632. The van der Waals surface area contributed by atoms with Crippen molar-refractivity contribution in [1.82, 2.24) is 19.9 Å². The third kappa shape index (κ3) is 2.65. The molecule has 0 radical (unpaired) electrons. The molecule has 25 heavy (non-hydrogen) atoms. The van der Waals surface area contributed by atoms with E-state index in [4.69, 9.17) is 9.47 Å². The zero-order valence-corrected chi connectivity index (χ0v) is 14.1. The second-order valence-corrected chi connectivity index (χ2v) is 5.81. The van der Waals surface area contributed by atoms with E-state index >= 15 is 0 Å². The van der Waals surface area contributed by atoms with Crippen molar-refractivity contribution in [1.29, 1.82) is 0 Å². The molecule has 0 spiro atoms. The Labute approximate surface area is 143 Å². The normalized spacial score (nSPS) is 12.6. The predicted octanol–water partition coefficient (Wildman–Crippen LogP) is 2.36. The Morgan fingerprint density at radius 2 is 1.88 bits per heavy atom. The van der Waals surface area contributed by atoms with Gasteiger partial charge < -0.3 is 9.47 Å². The first-order chi connectivity index (χ1) is 12.0. The average Bonchev–Trinajstić information content (AvgIpc) is 3.00. The second-order valence-electron chi connectivity index (χ2n) is 5.81. The summed E-state index contributed by atoms with van der Waals surface area (Å²) in [6, 6.07) is 3.69. The standard InChI is InChI=1S/C17H17N5O3/c1-4-10-8(2)18-17(21-15(10)23)22-16-19-9(3)11-5-13-14(25-7-24-13)6-12(11)20-16/h5-6H,4,7H2,1-3H3,(H2,18,19,20,21,22,23). The van der Waals surface area contributed by atoms with Gasteiger partial charge in [-0.3, -0.25) is 15.1 Å². The summed E-state index contributed by atoms with van der Waals surface area (Å²) in [4.78, 5) is 28.1. The summed E-state index contributed by atoms with van der Waals surface area (Å²) in [7, 11) is 0. The maximum absolute atomic E-state index is 12.1. The van der Waals surface area contributed by atoms with E-state index in [2.05, 4.69) is 25.3 Å². The fraction of sp³-hybridized carbons (Fsp3) is 0.294. The van der Waals surface area contributed by atoms with E-state index in [1.165, 1.54) is 0 Å². The molecule has 0 atom stereocenters. The van der Waals surface area contributed by atoms with Crippen LogP contribution in [0.5, 0.6) is 11.5 Å². The third-order valence-corrected chi connectivity index (χ3v) is 4.19. The lowest BCUT2D eigenvalue weighted by Crippen LogP contribution is -2.18. The third-order valence-electron chi connectivity index (χ3n) is 4.19. The summed E-state index contributed by atoms with van der Waals surface area (Å²) >= 11 is 0. The van der Waals surface area contributed by atoms with Crippen molar-refractivity contribution in [2.45, 2.75) is 27.2 Å². The molecule has 8 nitrogen and oxygen atoms in total.